The lowest BCUT2D eigenvalue weighted by Crippen LogP contribution is -2.30. The van der Waals surface area contributed by atoms with Crippen LogP contribution in [0, 0.1) is 10.1 Å². The zero-order valence-corrected chi connectivity index (χ0v) is 15.5. The maximum absolute atomic E-state index is 12.5. The van der Waals surface area contributed by atoms with E-state index in [0.29, 0.717) is 12.0 Å². The number of carbonyl (C=O) groups excluding carboxylic acids is 2. The van der Waals surface area contributed by atoms with Gasteiger partial charge in [0, 0.05) is 17.3 Å². The predicted molar refractivity (Wildman–Crippen MR) is 102 cm³/mol. The topological polar surface area (TPSA) is 98.5 Å². The van der Waals surface area contributed by atoms with Crippen LogP contribution in [0.3, 0.4) is 0 Å². The zero-order valence-electron chi connectivity index (χ0n) is 15.5. The number of nitrogens with zero attached hydrogens (tertiary/aromatic N) is 1. The SMILES string of the molecule is CC[C@H](C)c1ccccc1NC(=O)[C@@H](C)Oc1ccc(C=O)cc1[N+](=O)[O-]. The average molecular weight is 370 g/mol. The average Bonchev–Trinajstić information content (AvgIpc) is 2.67. The summed E-state index contributed by atoms with van der Waals surface area (Å²) in [4.78, 5) is 33.9. The Labute approximate surface area is 157 Å². The van der Waals surface area contributed by atoms with Gasteiger partial charge in [0.2, 0.25) is 0 Å². The van der Waals surface area contributed by atoms with Gasteiger partial charge in [0.05, 0.1) is 4.92 Å². The van der Waals surface area contributed by atoms with Crippen LogP contribution in [0.2, 0.25) is 0 Å². The molecule has 2 rings (SSSR count). The molecule has 1 N–H and O–H groups in total. The Morgan fingerprint density at radius 1 is 1.26 bits per heavy atom. The second-order valence-electron chi connectivity index (χ2n) is 6.25. The summed E-state index contributed by atoms with van der Waals surface area (Å²) in [6.45, 7) is 5.65. The summed E-state index contributed by atoms with van der Waals surface area (Å²) < 4.78 is 5.50. The first-order valence-corrected chi connectivity index (χ1v) is 8.67. The Bertz CT molecular complexity index is 850. The molecule has 0 aliphatic carbocycles. The molecule has 142 valence electrons. The van der Waals surface area contributed by atoms with Crippen molar-refractivity contribution in [1.82, 2.24) is 0 Å². The highest BCUT2D eigenvalue weighted by Crippen LogP contribution is 2.29. The number of anilines is 1. The maximum atomic E-state index is 12.5. The number of ether oxygens (including phenoxy) is 1. The van der Waals surface area contributed by atoms with Gasteiger partial charge in [0.15, 0.2) is 11.9 Å². The third-order valence-corrected chi connectivity index (χ3v) is 4.35. The quantitative estimate of drug-likeness (QED) is 0.424. The molecule has 0 saturated heterocycles. The lowest BCUT2D eigenvalue weighted by molar-refractivity contribution is -0.386. The standard InChI is InChI=1S/C20H22N2O5/c1-4-13(2)16-7-5-6-8-17(16)21-20(24)14(3)27-19-10-9-15(12-23)11-18(19)22(25)26/h5-14H,4H2,1-3H3,(H,21,24)/t13-,14+/m0/s1. The highest BCUT2D eigenvalue weighted by molar-refractivity contribution is 5.95. The van der Waals surface area contributed by atoms with Crippen LogP contribution in [-0.4, -0.2) is 23.2 Å². The van der Waals surface area contributed by atoms with E-state index in [-0.39, 0.29) is 22.9 Å². The molecule has 27 heavy (non-hydrogen) atoms. The van der Waals surface area contributed by atoms with Gasteiger partial charge in [0.25, 0.3) is 5.91 Å². The van der Waals surface area contributed by atoms with Gasteiger partial charge in [-0.15, -0.1) is 0 Å². The molecule has 2 aromatic rings. The molecule has 0 aromatic heterocycles. The van der Waals surface area contributed by atoms with Gasteiger partial charge in [-0.2, -0.15) is 0 Å². The molecule has 2 aromatic carbocycles. The fourth-order valence-corrected chi connectivity index (χ4v) is 2.59. The van der Waals surface area contributed by atoms with Crippen molar-refractivity contribution >= 4 is 23.6 Å². The van der Waals surface area contributed by atoms with E-state index in [1.165, 1.54) is 19.1 Å². The van der Waals surface area contributed by atoms with E-state index < -0.39 is 16.9 Å². The van der Waals surface area contributed by atoms with Gasteiger partial charge in [-0.3, -0.25) is 19.7 Å². The molecule has 0 spiro atoms. The number of nitro groups is 1. The summed E-state index contributed by atoms with van der Waals surface area (Å²) in [6, 6.07) is 11.3. The normalized spacial score (nSPS) is 12.7. The monoisotopic (exact) mass is 370 g/mol. The highest BCUT2D eigenvalue weighted by Gasteiger charge is 2.22. The van der Waals surface area contributed by atoms with E-state index in [9.17, 15) is 19.7 Å². The Morgan fingerprint density at radius 3 is 2.59 bits per heavy atom. The summed E-state index contributed by atoms with van der Waals surface area (Å²) in [5, 5.41) is 14.0. The van der Waals surface area contributed by atoms with E-state index in [2.05, 4.69) is 19.2 Å². The van der Waals surface area contributed by atoms with Crippen molar-refractivity contribution in [2.45, 2.75) is 39.2 Å². The lowest BCUT2D eigenvalue weighted by atomic mass is 9.97. The van der Waals surface area contributed by atoms with Crippen LogP contribution in [0.25, 0.3) is 0 Å². The summed E-state index contributed by atoms with van der Waals surface area (Å²) in [5.74, 6) is -0.210. The van der Waals surface area contributed by atoms with Crippen molar-refractivity contribution in [2.24, 2.45) is 0 Å². The first-order valence-electron chi connectivity index (χ1n) is 8.67. The number of rotatable bonds is 8. The molecule has 0 aliphatic rings. The van der Waals surface area contributed by atoms with Crippen LogP contribution in [0.15, 0.2) is 42.5 Å². The second kappa shape index (κ2) is 8.93. The van der Waals surface area contributed by atoms with E-state index in [4.69, 9.17) is 4.74 Å². The lowest BCUT2D eigenvalue weighted by Gasteiger charge is -2.18. The summed E-state index contributed by atoms with van der Waals surface area (Å²) in [5.41, 5.74) is 1.51. The predicted octanol–water partition coefficient (Wildman–Crippen LogP) is 4.33. The van der Waals surface area contributed by atoms with Crippen LogP contribution >= 0.6 is 0 Å². The highest BCUT2D eigenvalue weighted by atomic mass is 16.6. The number of hydrogen-bond acceptors (Lipinski definition) is 5. The molecule has 0 radical (unpaired) electrons. The summed E-state index contributed by atoms with van der Waals surface area (Å²) in [6.07, 6.45) is 0.475. The van der Waals surface area contributed by atoms with Crippen molar-refractivity contribution in [3.05, 3.63) is 63.7 Å². The number of hydrogen-bond donors (Lipinski definition) is 1. The third kappa shape index (κ3) is 4.91. The van der Waals surface area contributed by atoms with Crippen molar-refractivity contribution in [2.75, 3.05) is 5.32 Å². The molecule has 0 unspecified atom stereocenters. The minimum absolute atomic E-state index is 0.0662. The third-order valence-electron chi connectivity index (χ3n) is 4.35. The molecule has 0 bridgehead atoms. The molecule has 0 fully saturated rings. The molecule has 1 amide bonds. The fourth-order valence-electron chi connectivity index (χ4n) is 2.59. The minimum Gasteiger partial charge on any atom is -0.474 e. The molecular weight excluding hydrogens is 348 g/mol. The Hall–Kier alpha value is -3.22. The van der Waals surface area contributed by atoms with E-state index in [1.54, 1.807) is 0 Å². The van der Waals surface area contributed by atoms with Gasteiger partial charge < -0.3 is 10.1 Å². The van der Waals surface area contributed by atoms with E-state index in [1.807, 2.05) is 24.3 Å². The van der Waals surface area contributed by atoms with E-state index in [0.717, 1.165) is 18.1 Å². The second-order valence-corrected chi connectivity index (χ2v) is 6.25. The Morgan fingerprint density at radius 2 is 1.96 bits per heavy atom. The number of benzene rings is 2. The smallest absolute Gasteiger partial charge is 0.311 e. The van der Waals surface area contributed by atoms with Crippen LogP contribution in [0.4, 0.5) is 11.4 Å². The fraction of sp³-hybridized carbons (Fsp3) is 0.300. The number of nitro benzene ring substituents is 1. The molecule has 0 aliphatic heterocycles. The zero-order chi connectivity index (χ0) is 20.0. The van der Waals surface area contributed by atoms with Crippen LogP contribution < -0.4 is 10.1 Å². The summed E-state index contributed by atoms with van der Waals surface area (Å²) >= 11 is 0. The maximum Gasteiger partial charge on any atom is 0.311 e. The van der Waals surface area contributed by atoms with Crippen molar-refractivity contribution in [3.63, 3.8) is 0 Å². The van der Waals surface area contributed by atoms with Gasteiger partial charge in [-0.05, 0) is 43.0 Å². The molecule has 7 heteroatoms. The Balaban J connectivity index is 2.18. The van der Waals surface area contributed by atoms with Crippen LogP contribution in [0.1, 0.15) is 49.0 Å². The summed E-state index contributed by atoms with van der Waals surface area (Å²) in [7, 11) is 0. The molecular formula is C20H22N2O5. The van der Waals surface area contributed by atoms with Crippen molar-refractivity contribution in [3.8, 4) is 5.75 Å². The number of amides is 1. The number of carbonyl (C=O) groups is 2. The van der Waals surface area contributed by atoms with Gasteiger partial charge in [-0.25, -0.2) is 0 Å². The largest absolute Gasteiger partial charge is 0.474 e. The number of para-hydroxylation sites is 1. The molecule has 2 atom stereocenters. The minimum atomic E-state index is -0.962. The molecule has 0 saturated carbocycles. The van der Waals surface area contributed by atoms with Crippen molar-refractivity contribution in [1.29, 1.82) is 0 Å². The number of nitrogens with one attached hydrogen (secondary N) is 1. The first-order chi connectivity index (χ1) is 12.9. The number of aldehydes is 1. The van der Waals surface area contributed by atoms with Crippen molar-refractivity contribution < 1.29 is 19.2 Å². The Kier molecular flexibility index (Phi) is 6.65. The van der Waals surface area contributed by atoms with Crippen LogP contribution in [-0.2, 0) is 4.79 Å². The van der Waals surface area contributed by atoms with E-state index >= 15 is 0 Å². The molecule has 7 nitrogen and oxygen atoms in total. The van der Waals surface area contributed by atoms with Crippen LogP contribution in [0.5, 0.6) is 5.75 Å². The molecule has 0 heterocycles. The van der Waals surface area contributed by atoms with Gasteiger partial charge in [0.1, 0.15) is 6.29 Å². The van der Waals surface area contributed by atoms with Gasteiger partial charge >= 0.3 is 5.69 Å². The first kappa shape index (κ1) is 20.1. The van der Waals surface area contributed by atoms with Gasteiger partial charge in [-0.1, -0.05) is 32.0 Å².